The molecule has 1 fully saturated rings. The average molecular weight is 333 g/mol. The van der Waals surface area contributed by atoms with Crippen LogP contribution in [0, 0.1) is 5.41 Å². The summed E-state index contributed by atoms with van der Waals surface area (Å²) in [4.78, 5) is 2.33. The Balaban J connectivity index is 2.44. The highest BCUT2D eigenvalue weighted by molar-refractivity contribution is 6.37. The number of aliphatic hydroxyl groups excluding tert-OH is 1. The van der Waals surface area contributed by atoms with Crippen molar-refractivity contribution in [3.63, 3.8) is 0 Å². The van der Waals surface area contributed by atoms with Crippen molar-refractivity contribution in [1.29, 1.82) is 0 Å². The molecule has 3 N–H and O–H groups in total. The van der Waals surface area contributed by atoms with Crippen LogP contribution in [-0.2, 0) is 0 Å². The van der Waals surface area contributed by atoms with Gasteiger partial charge in [0.25, 0.3) is 0 Å². The number of hydrogen-bond acceptors (Lipinski definition) is 4. The largest absolute Gasteiger partial charge is 0.505 e. The average Bonchev–Trinajstić information content (AvgIpc) is 2.46. The van der Waals surface area contributed by atoms with Crippen molar-refractivity contribution in [3.8, 4) is 5.75 Å². The van der Waals surface area contributed by atoms with Crippen LogP contribution in [0.5, 0.6) is 5.75 Å². The van der Waals surface area contributed by atoms with Crippen LogP contribution < -0.4 is 5.32 Å². The molecule has 4 nitrogen and oxygen atoms in total. The molecule has 0 aliphatic carbocycles. The van der Waals surface area contributed by atoms with E-state index in [4.69, 9.17) is 23.2 Å². The monoisotopic (exact) mass is 332 g/mol. The van der Waals surface area contributed by atoms with E-state index in [1.165, 1.54) is 0 Å². The first-order valence-corrected chi connectivity index (χ1v) is 7.86. The molecule has 1 aliphatic heterocycles. The lowest BCUT2D eigenvalue weighted by Crippen LogP contribution is -2.49. The summed E-state index contributed by atoms with van der Waals surface area (Å²) in [5.41, 5.74) is 0.574. The van der Waals surface area contributed by atoms with E-state index in [0.29, 0.717) is 0 Å². The van der Waals surface area contributed by atoms with E-state index >= 15 is 0 Å². The maximum Gasteiger partial charge on any atom is 0.152 e. The van der Waals surface area contributed by atoms with E-state index in [-0.39, 0.29) is 33.9 Å². The predicted molar refractivity (Wildman–Crippen MR) is 86.2 cm³/mol. The van der Waals surface area contributed by atoms with Gasteiger partial charge < -0.3 is 15.5 Å². The minimum atomic E-state index is -0.346. The number of hydrogen-bond donors (Lipinski definition) is 3. The molecule has 0 saturated carbocycles. The van der Waals surface area contributed by atoms with Crippen LogP contribution in [-0.4, -0.2) is 47.9 Å². The molecule has 0 bridgehead atoms. The second kappa shape index (κ2) is 6.71. The number of halogens is 2. The van der Waals surface area contributed by atoms with E-state index in [2.05, 4.69) is 10.2 Å². The van der Waals surface area contributed by atoms with Crippen molar-refractivity contribution in [1.82, 2.24) is 10.2 Å². The molecule has 0 aromatic heterocycles. The fourth-order valence-corrected chi connectivity index (χ4v) is 3.43. The third kappa shape index (κ3) is 3.63. The van der Waals surface area contributed by atoms with Gasteiger partial charge in [-0.2, -0.15) is 0 Å². The van der Waals surface area contributed by atoms with Gasteiger partial charge in [-0.15, -0.1) is 0 Å². The molecular formula is C15H22Cl2N2O2. The van der Waals surface area contributed by atoms with Crippen LogP contribution in [0.15, 0.2) is 12.1 Å². The number of phenols is 1. The van der Waals surface area contributed by atoms with Gasteiger partial charge in [0, 0.05) is 44.2 Å². The fourth-order valence-electron chi connectivity index (χ4n) is 2.93. The molecule has 1 saturated heterocycles. The predicted octanol–water partition coefficient (Wildman–Crippen LogP) is 2.66. The minimum Gasteiger partial charge on any atom is -0.505 e. The standard InChI is InChI=1S/C15H22Cl2N2O2/c1-15(2,9-20)14(19-5-3-18-4-6-19)10-7-11(16)13(21)12(17)8-10/h7-8,14,18,20-21H,3-6,9H2,1-2H3/t14-/m0/s1. The summed E-state index contributed by atoms with van der Waals surface area (Å²) in [5, 5.41) is 23.3. The summed E-state index contributed by atoms with van der Waals surface area (Å²) in [7, 11) is 0. The molecule has 0 amide bonds. The summed E-state index contributed by atoms with van der Waals surface area (Å²) in [6, 6.07) is 3.47. The van der Waals surface area contributed by atoms with Gasteiger partial charge in [0.05, 0.1) is 10.0 Å². The lowest BCUT2D eigenvalue weighted by molar-refractivity contribution is 0.0305. The first kappa shape index (κ1) is 16.8. The van der Waals surface area contributed by atoms with E-state index in [1.54, 1.807) is 12.1 Å². The molecular weight excluding hydrogens is 311 g/mol. The van der Waals surface area contributed by atoms with Crippen LogP contribution in [0.25, 0.3) is 0 Å². The Morgan fingerprint density at radius 1 is 1.24 bits per heavy atom. The highest BCUT2D eigenvalue weighted by Crippen LogP contribution is 2.42. The van der Waals surface area contributed by atoms with Gasteiger partial charge >= 0.3 is 0 Å². The quantitative estimate of drug-likeness (QED) is 0.793. The zero-order chi connectivity index (χ0) is 15.6. The molecule has 1 heterocycles. The topological polar surface area (TPSA) is 55.7 Å². The van der Waals surface area contributed by atoms with Gasteiger partial charge in [-0.05, 0) is 17.7 Å². The number of aromatic hydroxyl groups is 1. The van der Waals surface area contributed by atoms with Crippen LogP contribution in [0.3, 0.4) is 0 Å². The van der Waals surface area contributed by atoms with Gasteiger partial charge in [0.1, 0.15) is 0 Å². The van der Waals surface area contributed by atoms with Crippen molar-refractivity contribution >= 4 is 23.2 Å². The van der Waals surface area contributed by atoms with Crippen molar-refractivity contribution < 1.29 is 10.2 Å². The molecule has 6 heteroatoms. The Labute approximate surface area is 135 Å². The van der Waals surface area contributed by atoms with E-state index in [1.807, 2.05) is 13.8 Å². The van der Waals surface area contributed by atoms with Crippen LogP contribution in [0.1, 0.15) is 25.5 Å². The van der Waals surface area contributed by atoms with E-state index < -0.39 is 0 Å². The van der Waals surface area contributed by atoms with E-state index in [0.717, 1.165) is 31.7 Å². The summed E-state index contributed by atoms with van der Waals surface area (Å²) >= 11 is 12.1. The molecule has 21 heavy (non-hydrogen) atoms. The first-order valence-electron chi connectivity index (χ1n) is 7.10. The Morgan fingerprint density at radius 2 is 1.76 bits per heavy atom. The molecule has 1 aromatic carbocycles. The lowest BCUT2D eigenvalue weighted by Gasteiger charge is -2.43. The second-order valence-electron chi connectivity index (χ2n) is 6.17. The lowest BCUT2D eigenvalue weighted by atomic mass is 9.79. The summed E-state index contributed by atoms with van der Waals surface area (Å²) in [6.07, 6.45) is 0. The number of rotatable bonds is 4. The number of piperazine rings is 1. The number of aliphatic hydroxyl groups is 1. The minimum absolute atomic E-state index is 0.0137. The van der Waals surface area contributed by atoms with Gasteiger partial charge in [-0.1, -0.05) is 37.0 Å². The van der Waals surface area contributed by atoms with Gasteiger partial charge in [0.2, 0.25) is 0 Å². The second-order valence-corrected chi connectivity index (χ2v) is 6.98. The maximum absolute atomic E-state index is 9.79. The smallest absolute Gasteiger partial charge is 0.152 e. The van der Waals surface area contributed by atoms with E-state index in [9.17, 15) is 10.2 Å². The maximum atomic E-state index is 9.79. The Kier molecular flexibility index (Phi) is 5.38. The molecule has 2 rings (SSSR count). The van der Waals surface area contributed by atoms with Crippen LogP contribution >= 0.6 is 23.2 Å². The van der Waals surface area contributed by atoms with Gasteiger partial charge in [-0.3, -0.25) is 4.90 Å². The molecule has 1 aromatic rings. The van der Waals surface area contributed by atoms with Crippen LogP contribution in [0.2, 0.25) is 10.0 Å². The summed E-state index contributed by atoms with van der Waals surface area (Å²) in [6.45, 7) is 7.71. The first-order chi connectivity index (χ1) is 9.86. The molecule has 0 spiro atoms. The number of nitrogens with zero attached hydrogens (tertiary/aromatic N) is 1. The zero-order valence-corrected chi connectivity index (χ0v) is 13.9. The molecule has 1 atom stereocenters. The highest BCUT2D eigenvalue weighted by atomic mass is 35.5. The zero-order valence-electron chi connectivity index (χ0n) is 12.4. The molecule has 1 aliphatic rings. The summed E-state index contributed by atoms with van der Waals surface area (Å²) < 4.78 is 0. The summed E-state index contributed by atoms with van der Waals surface area (Å²) in [5.74, 6) is -0.0945. The fraction of sp³-hybridized carbons (Fsp3) is 0.600. The third-order valence-corrected chi connectivity index (χ3v) is 4.60. The van der Waals surface area contributed by atoms with Crippen molar-refractivity contribution in [2.45, 2.75) is 19.9 Å². The van der Waals surface area contributed by atoms with Crippen molar-refractivity contribution in [2.75, 3.05) is 32.8 Å². The molecule has 0 radical (unpaired) electrons. The van der Waals surface area contributed by atoms with Crippen LogP contribution in [0.4, 0.5) is 0 Å². The Bertz CT molecular complexity index is 479. The third-order valence-electron chi connectivity index (χ3n) is 4.02. The number of phenolic OH excluding ortho intramolecular Hbond substituents is 1. The normalized spacial score (nSPS) is 18.7. The van der Waals surface area contributed by atoms with Gasteiger partial charge in [-0.25, -0.2) is 0 Å². The number of nitrogens with one attached hydrogen (secondary N) is 1. The molecule has 118 valence electrons. The van der Waals surface area contributed by atoms with Crippen molar-refractivity contribution in [2.24, 2.45) is 5.41 Å². The molecule has 0 unspecified atom stereocenters. The van der Waals surface area contributed by atoms with Crippen molar-refractivity contribution in [3.05, 3.63) is 27.7 Å². The Hall–Kier alpha value is -0.520. The number of benzene rings is 1. The highest BCUT2D eigenvalue weighted by Gasteiger charge is 2.36. The Morgan fingerprint density at radius 3 is 2.24 bits per heavy atom. The SMILES string of the molecule is CC(C)(CO)[C@H](c1cc(Cl)c(O)c(Cl)c1)N1CCNCC1. The van der Waals surface area contributed by atoms with Gasteiger partial charge in [0.15, 0.2) is 5.75 Å².